The van der Waals surface area contributed by atoms with Crippen LogP contribution in [0, 0.1) is 0 Å². The molecule has 1 fully saturated rings. The Hall–Kier alpha value is -2.84. The van der Waals surface area contributed by atoms with Gasteiger partial charge in [-0.2, -0.15) is 0 Å². The lowest BCUT2D eigenvalue weighted by Crippen LogP contribution is -2.60. The number of phenolic OH excluding ortho intramolecular Hbond substituents is 4. The van der Waals surface area contributed by atoms with Crippen molar-refractivity contribution in [2.45, 2.75) is 49.0 Å². The smallest absolute Gasteiger partial charge is 0.187 e. The van der Waals surface area contributed by atoms with E-state index in [1.165, 1.54) is 12.1 Å². The number of aliphatic hydroxyl groups excluding tert-OH is 5. The van der Waals surface area contributed by atoms with Crippen molar-refractivity contribution < 1.29 is 60.2 Å². The molecule has 180 valence electrons. The number of hydrogen-bond donors (Lipinski definition) is 9. The molecule has 0 aromatic heterocycles. The Kier molecular flexibility index (Phi) is 6.24. The summed E-state index contributed by atoms with van der Waals surface area (Å²) in [5.74, 6) is -1.86. The largest absolute Gasteiger partial charge is 0.508 e. The first-order valence-electron chi connectivity index (χ1n) is 10.0. The predicted molar refractivity (Wildman–Crippen MR) is 107 cm³/mol. The Balaban J connectivity index is 1.74. The zero-order valence-corrected chi connectivity index (χ0v) is 17.0. The molecule has 9 N–H and O–H groups in total. The Morgan fingerprint density at radius 3 is 2.21 bits per heavy atom. The fourth-order valence-corrected chi connectivity index (χ4v) is 3.98. The number of hydrogen-bond acceptors (Lipinski definition) is 12. The van der Waals surface area contributed by atoms with Gasteiger partial charge in [-0.25, -0.2) is 0 Å². The summed E-state index contributed by atoms with van der Waals surface area (Å²) < 4.78 is 16.9. The van der Waals surface area contributed by atoms with Crippen LogP contribution in [0.3, 0.4) is 0 Å². The van der Waals surface area contributed by atoms with Gasteiger partial charge in [0, 0.05) is 12.1 Å². The van der Waals surface area contributed by atoms with Gasteiger partial charge in [0.1, 0.15) is 53.9 Å². The van der Waals surface area contributed by atoms with E-state index < -0.39 is 72.9 Å². The van der Waals surface area contributed by atoms with Crippen molar-refractivity contribution in [1.82, 2.24) is 0 Å². The number of benzene rings is 2. The second-order valence-corrected chi connectivity index (χ2v) is 7.91. The maximum absolute atomic E-state index is 11.0. The van der Waals surface area contributed by atoms with Crippen LogP contribution in [0.1, 0.15) is 23.3 Å². The van der Waals surface area contributed by atoms with Crippen molar-refractivity contribution in [3.8, 4) is 28.7 Å². The van der Waals surface area contributed by atoms with E-state index >= 15 is 0 Å². The minimum atomic E-state index is -1.78. The molecule has 0 radical (unpaired) electrons. The van der Waals surface area contributed by atoms with Crippen LogP contribution in [-0.4, -0.2) is 89.4 Å². The maximum atomic E-state index is 11.0. The summed E-state index contributed by atoms with van der Waals surface area (Å²) in [4.78, 5) is 0. The van der Waals surface area contributed by atoms with Gasteiger partial charge in [-0.15, -0.1) is 0 Å². The first kappa shape index (κ1) is 23.3. The van der Waals surface area contributed by atoms with Gasteiger partial charge in [0.2, 0.25) is 0 Å². The summed E-state index contributed by atoms with van der Waals surface area (Å²) >= 11 is 0. The van der Waals surface area contributed by atoms with Crippen LogP contribution < -0.4 is 4.74 Å². The molecule has 0 spiro atoms. The Bertz CT molecular complexity index is 1010. The first-order valence-corrected chi connectivity index (χ1v) is 10.0. The van der Waals surface area contributed by atoms with Crippen LogP contribution in [-0.2, 0) is 9.47 Å². The average molecular weight is 468 g/mol. The summed E-state index contributed by atoms with van der Waals surface area (Å²) in [5, 5.41) is 90.4. The molecular formula is C21H24O12. The molecule has 33 heavy (non-hydrogen) atoms. The number of aliphatic hydroxyl groups is 5. The molecule has 2 heterocycles. The molecular weight excluding hydrogens is 444 g/mol. The fraction of sp³-hybridized carbons (Fsp3) is 0.429. The topological polar surface area (TPSA) is 210 Å². The molecule has 8 atom stereocenters. The number of ether oxygens (including phenoxy) is 3. The zero-order chi connectivity index (χ0) is 24.0. The third-order valence-electron chi connectivity index (χ3n) is 5.73. The van der Waals surface area contributed by atoms with E-state index in [9.17, 15) is 46.0 Å². The molecule has 0 amide bonds. The van der Waals surface area contributed by atoms with Gasteiger partial charge in [-0.3, -0.25) is 0 Å². The minimum absolute atomic E-state index is 0.0915. The van der Waals surface area contributed by atoms with Gasteiger partial charge in [0.25, 0.3) is 0 Å². The van der Waals surface area contributed by atoms with Gasteiger partial charge >= 0.3 is 0 Å². The molecule has 4 rings (SSSR count). The normalized spacial score (nSPS) is 33.8. The van der Waals surface area contributed by atoms with E-state index in [-0.39, 0.29) is 22.6 Å². The highest BCUT2D eigenvalue weighted by Gasteiger charge is 2.49. The molecule has 2 aliphatic rings. The van der Waals surface area contributed by atoms with E-state index in [0.29, 0.717) is 0 Å². The van der Waals surface area contributed by atoms with E-state index in [2.05, 4.69) is 0 Å². The van der Waals surface area contributed by atoms with Gasteiger partial charge in [-0.05, 0) is 17.7 Å². The minimum Gasteiger partial charge on any atom is -0.508 e. The van der Waals surface area contributed by atoms with Crippen LogP contribution in [0.5, 0.6) is 28.7 Å². The van der Waals surface area contributed by atoms with Gasteiger partial charge in [0.15, 0.2) is 23.9 Å². The van der Waals surface area contributed by atoms with Crippen molar-refractivity contribution in [2.24, 2.45) is 0 Å². The summed E-state index contributed by atoms with van der Waals surface area (Å²) in [6.07, 6.45) is -12.3. The molecule has 2 aromatic carbocycles. The van der Waals surface area contributed by atoms with Crippen molar-refractivity contribution in [3.05, 3.63) is 41.5 Å². The summed E-state index contributed by atoms with van der Waals surface area (Å²) in [7, 11) is 0. The van der Waals surface area contributed by atoms with Crippen LogP contribution in [0.15, 0.2) is 30.3 Å². The standard InChI is InChI=1S/C21H24O12/c22-6-13-15(27)17(29)18(30)21(32-13)33-20-16(28)14-11(26)4-8(23)5-12(14)31-19(20)7-1-2-9(24)10(25)3-7/h1-5,13,15-30H,6H2/t13?,15-,16?,17?,18?,19+,20-,21-/m0/s1. The third-order valence-corrected chi connectivity index (χ3v) is 5.73. The van der Waals surface area contributed by atoms with Crippen molar-refractivity contribution in [1.29, 1.82) is 0 Å². The molecule has 12 nitrogen and oxygen atoms in total. The van der Waals surface area contributed by atoms with E-state index in [4.69, 9.17) is 14.2 Å². The van der Waals surface area contributed by atoms with Crippen LogP contribution in [0.2, 0.25) is 0 Å². The average Bonchev–Trinajstić information content (AvgIpc) is 2.76. The van der Waals surface area contributed by atoms with Gasteiger partial charge in [-0.1, -0.05) is 6.07 Å². The van der Waals surface area contributed by atoms with Gasteiger partial charge < -0.3 is 60.2 Å². The fourth-order valence-electron chi connectivity index (χ4n) is 3.98. The highest BCUT2D eigenvalue weighted by Crippen LogP contribution is 2.49. The molecule has 2 aliphatic heterocycles. The van der Waals surface area contributed by atoms with Crippen molar-refractivity contribution in [2.75, 3.05) is 6.61 Å². The molecule has 0 saturated carbocycles. The van der Waals surface area contributed by atoms with E-state index in [1.54, 1.807) is 0 Å². The van der Waals surface area contributed by atoms with E-state index in [1.807, 2.05) is 0 Å². The molecule has 4 unspecified atom stereocenters. The zero-order valence-electron chi connectivity index (χ0n) is 17.0. The number of fused-ring (bicyclic) bond motifs is 1. The lowest BCUT2D eigenvalue weighted by molar-refractivity contribution is -0.325. The van der Waals surface area contributed by atoms with Crippen LogP contribution >= 0.6 is 0 Å². The van der Waals surface area contributed by atoms with Crippen LogP contribution in [0.4, 0.5) is 0 Å². The molecule has 1 saturated heterocycles. The second-order valence-electron chi connectivity index (χ2n) is 7.91. The van der Waals surface area contributed by atoms with E-state index in [0.717, 1.165) is 18.2 Å². The summed E-state index contributed by atoms with van der Waals surface area (Å²) in [6, 6.07) is 5.80. The highest BCUT2D eigenvalue weighted by atomic mass is 16.7. The lowest BCUT2D eigenvalue weighted by Gasteiger charge is -2.44. The molecule has 2 aromatic rings. The lowest BCUT2D eigenvalue weighted by atomic mass is 9.90. The first-order chi connectivity index (χ1) is 15.6. The SMILES string of the molecule is OCC1O[C@@H](O[C@H]2C(O)c3c(O)cc(O)cc3O[C@@H]2c2ccc(O)c(O)c2)C(O)C(O)[C@H]1O. The Morgan fingerprint density at radius 1 is 0.818 bits per heavy atom. The van der Waals surface area contributed by atoms with Crippen LogP contribution in [0.25, 0.3) is 0 Å². The molecule has 0 aliphatic carbocycles. The Morgan fingerprint density at radius 2 is 1.55 bits per heavy atom. The number of phenols is 4. The second kappa shape index (κ2) is 8.83. The van der Waals surface area contributed by atoms with Gasteiger partial charge in [0.05, 0.1) is 12.2 Å². The maximum Gasteiger partial charge on any atom is 0.187 e. The third kappa shape index (κ3) is 4.13. The monoisotopic (exact) mass is 468 g/mol. The highest BCUT2D eigenvalue weighted by molar-refractivity contribution is 5.53. The quantitative estimate of drug-likeness (QED) is 0.244. The summed E-state index contributed by atoms with van der Waals surface area (Å²) in [6.45, 7) is -0.702. The molecule has 0 bridgehead atoms. The summed E-state index contributed by atoms with van der Waals surface area (Å²) in [5.41, 5.74) is 0.0639. The predicted octanol–water partition coefficient (Wildman–Crippen LogP) is -1.14. The van der Waals surface area contributed by atoms with Crippen molar-refractivity contribution in [3.63, 3.8) is 0 Å². The Labute approximate surface area is 186 Å². The number of rotatable bonds is 4. The molecule has 12 heteroatoms. The number of aromatic hydroxyl groups is 4. The van der Waals surface area contributed by atoms with Crippen molar-refractivity contribution >= 4 is 0 Å².